The summed E-state index contributed by atoms with van der Waals surface area (Å²) in [7, 11) is 1.66. The van der Waals surface area contributed by atoms with Gasteiger partial charge in [-0.15, -0.1) is 0 Å². The quantitative estimate of drug-likeness (QED) is 0.691. The van der Waals surface area contributed by atoms with Crippen molar-refractivity contribution in [3.05, 3.63) is 48.2 Å². The highest BCUT2D eigenvalue weighted by Gasteiger charge is 2.18. The summed E-state index contributed by atoms with van der Waals surface area (Å²) < 4.78 is 5.15. The summed E-state index contributed by atoms with van der Waals surface area (Å²) in [6.45, 7) is 5.38. The number of hydrogen-bond acceptors (Lipinski definition) is 3. The van der Waals surface area contributed by atoms with Gasteiger partial charge in [0.25, 0.3) is 0 Å². The first kappa shape index (κ1) is 18.1. The van der Waals surface area contributed by atoms with Crippen LogP contribution < -0.4 is 0 Å². The number of fused-ring (bicyclic) bond motifs is 1. The van der Waals surface area contributed by atoms with Crippen molar-refractivity contribution in [1.82, 2.24) is 9.88 Å². The number of para-hydroxylation sites is 1. The molecule has 0 unspecified atom stereocenters. The number of aromatic nitrogens is 1. The zero-order valence-electron chi connectivity index (χ0n) is 14.7. The molecule has 1 aromatic carbocycles. The van der Waals surface area contributed by atoms with Gasteiger partial charge in [0.15, 0.2) is 0 Å². The standard InChI is InChI=1S/C20H26N2O2/c1-4-18(5-2)22(14-15-24-3)19(23)12-11-17-9-6-8-16-10-7-13-21-20(16)17/h6-13,18H,4-5,14-15H2,1-3H3/b12-11+. The molecular weight excluding hydrogens is 300 g/mol. The Morgan fingerprint density at radius 3 is 2.71 bits per heavy atom. The maximum absolute atomic E-state index is 12.7. The van der Waals surface area contributed by atoms with Crippen LogP contribution in [-0.2, 0) is 9.53 Å². The van der Waals surface area contributed by atoms with Crippen LogP contribution >= 0.6 is 0 Å². The van der Waals surface area contributed by atoms with Gasteiger partial charge in [-0.25, -0.2) is 0 Å². The molecule has 0 N–H and O–H groups in total. The highest BCUT2D eigenvalue weighted by Crippen LogP contribution is 2.17. The Balaban J connectivity index is 2.22. The molecule has 0 spiro atoms. The third kappa shape index (κ3) is 4.42. The van der Waals surface area contributed by atoms with E-state index in [1.807, 2.05) is 41.3 Å². The van der Waals surface area contributed by atoms with E-state index >= 15 is 0 Å². The molecule has 0 saturated carbocycles. The number of rotatable bonds is 8. The third-order valence-electron chi connectivity index (χ3n) is 4.27. The maximum atomic E-state index is 12.7. The Hall–Kier alpha value is -2.20. The summed E-state index contributed by atoms with van der Waals surface area (Å²) in [5.74, 6) is 0.0219. The van der Waals surface area contributed by atoms with Crippen molar-refractivity contribution in [3.8, 4) is 0 Å². The Labute approximate surface area is 144 Å². The number of ether oxygens (including phenoxy) is 1. The van der Waals surface area contributed by atoms with Gasteiger partial charge >= 0.3 is 0 Å². The van der Waals surface area contributed by atoms with Crippen molar-refractivity contribution in [3.63, 3.8) is 0 Å². The molecule has 4 nitrogen and oxygen atoms in total. The van der Waals surface area contributed by atoms with Crippen molar-refractivity contribution in [1.29, 1.82) is 0 Å². The zero-order valence-corrected chi connectivity index (χ0v) is 14.7. The molecule has 0 aliphatic rings. The Bertz CT molecular complexity index is 688. The van der Waals surface area contributed by atoms with Gasteiger partial charge in [-0.2, -0.15) is 0 Å². The first-order valence-electron chi connectivity index (χ1n) is 8.52. The van der Waals surface area contributed by atoms with Crippen LogP contribution in [0.4, 0.5) is 0 Å². The number of methoxy groups -OCH3 is 1. The van der Waals surface area contributed by atoms with E-state index in [-0.39, 0.29) is 11.9 Å². The second-order valence-corrected chi connectivity index (χ2v) is 5.75. The molecule has 0 fully saturated rings. The van der Waals surface area contributed by atoms with Crippen molar-refractivity contribution >= 4 is 22.9 Å². The van der Waals surface area contributed by atoms with E-state index in [2.05, 4.69) is 18.8 Å². The van der Waals surface area contributed by atoms with E-state index in [9.17, 15) is 4.79 Å². The number of amides is 1. The van der Waals surface area contributed by atoms with Gasteiger partial charge in [0, 0.05) is 42.9 Å². The van der Waals surface area contributed by atoms with Crippen molar-refractivity contribution in [2.24, 2.45) is 0 Å². The lowest BCUT2D eigenvalue weighted by Gasteiger charge is -2.29. The number of carbonyl (C=O) groups excluding carboxylic acids is 1. The second-order valence-electron chi connectivity index (χ2n) is 5.75. The minimum atomic E-state index is 0.0219. The van der Waals surface area contributed by atoms with Crippen LogP contribution in [-0.4, -0.2) is 42.1 Å². The maximum Gasteiger partial charge on any atom is 0.246 e. The largest absolute Gasteiger partial charge is 0.383 e. The van der Waals surface area contributed by atoms with Crippen LogP contribution in [0.3, 0.4) is 0 Å². The zero-order chi connectivity index (χ0) is 17.4. The molecule has 1 amide bonds. The minimum absolute atomic E-state index is 0.0219. The monoisotopic (exact) mass is 326 g/mol. The number of hydrogen-bond donors (Lipinski definition) is 0. The molecule has 0 saturated heterocycles. The SMILES string of the molecule is CCC(CC)N(CCOC)C(=O)/C=C/c1cccc2cccnc12. The summed E-state index contributed by atoms with van der Waals surface area (Å²) in [6.07, 6.45) is 7.17. The van der Waals surface area contributed by atoms with Crippen LogP contribution in [0.5, 0.6) is 0 Å². The third-order valence-corrected chi connectivity index (χ3v) is 4.27. The van der Waals surface area contributed by atoms with E-state index < -0.39 is 0 Å². The predicted octanol–water partition coefficient (Wildman–Crippen LogP) is 3.91. The Morgan fingerprint density at radius 2 is 2.00 bits per heavy atom. The molecule has 0 bridgehead atoms. The number of nitrogens with zero attached hydrogens (tertiary/aromatic N) is 2. The highest BCUT2D eigenvalue weighted by molar-refractivity contribution is 5.95. The molecule has 1 heterocycles. The van der Waals surface area contributed by atoms with Gasteiger partial charge in [-0.3, -0.25) is 9.78 Å². The first-order chi connectivity index (χ1) is 11.7. The van der Waals surface area contributed by atoms with Crippen LogP contribution in [0, 0.1) is 0 Å². The number of carbonyl (C=O) groups is 1. The van der Waals surface area contributed by atoms with Crippen molar-refractivity contribution in [2.45, 2.75) is 32.7 Å². The Kier molecular flexibility index (Phi) is 6.94. The van der Waals surface area contributed by atoms with E-state index in [0.29, 0.717) is 13.2 Å². The summed E-state index contributed by atoms with van der Waals surface area (Å²) in [5.41, 5.74) is 1.87. The van der Waals surface area contributed by atoms with Gasteiger partial charge in [0.1, 0.15) is 0 Å². The van der Waals surface area contributed by atoms with Crippen molar-refractivity contribution in [2.75, 3.05) is 20.3 Å². The van der Waals surface area contributed by atoms with Gasteiger partial charge in [-0.05, 0) is 25.0 Å². The van der Waals surface area contributed by atoms with E-state index in [4.69, 9.17) is 4.74 Å². The molecule has 0 aliphatic carbocycles. The van der Waals surface area contributed by atoms with Crippen LogP contribution in [0.25, 0.3) is 17.0 Å². The predicted molar refractivity (Wildman–Crippen MR) is 98.7 cm³/mol. The molecule has 128 valence electrons. The van der Waals surface area contributed by atoms with Gasteiger partial charge in [-0.1, -0.05) is 38.1 Å². The smallest absolute Gasteiger partial charge is 0.246 e. The molecule has 0 aliphatic heterocycles. The summed E-state index contributed by atoms with van der Waals surface area (Å²) in [6, 6.07) is 10.2. The molecular formula is C20H26N2O2. The summed E-state index contributed by atoms with van der Waals surface area (Å²) in [5, 5.41) is 1.07. The molecule has 0 radical (unpaired) electrons. The molecule has 2 rings (SSSR count). The topological polar surface area (TPSA) is 42.4 Å². The van der Waals surface area contributed by atoms with Gasteiger partial charge in [0.2, 0.25) is 5.91 Å². The summed E-state index contributed by atoms with van der Waals surface area (Å²) in [4.78, 5) is 19.0. The van der Waals surface area contributed by atoms with Crippen LogP contribution in [0.2, 0.25) is 0 Å². The minimum Gasteiger partial charge on any atom is -0.383 e. The fourth-order valence-electron chi connectivity index (χ4n) is 2.91. The van der Waals surface area contributed by atoms with Gasteiger partial charge < -0.3 is 9.64 Å². The lowest BCUT2D eigenvalue weighted by atomic mass is 10.1. The van der Waals surface area contributed by atoms with Crippen LogP contribution in [0.1, 0.15) is 32.3 Å². The average Bonchev–Trinajstić information content (AvgIpc) is 2.63. The average molecular weight is 326 g/mol. The van der Waals surface area contributed by atoms with E-state index in [1.165, 1.54) is 0 Å². The molecule has 24 heavy (non-hydrogen) atoms. The molecule has 1 aromatic heterocycles. The number of pyridine rings is 1. The molecule has 2 aromatic rings. The lowest BCUT2D eigenvalue weighted by molar-refractivity contribution is -0.129. The Morgan fingerprint density at radius 1 is 1.25 bits per heavy atom. The van der Waals surface area contributed by atoms with Crippen molar-refractivity contribution < 1.29 is 9.53 Å². The fraction of sp³-hybridized carbons (Fsp3) is 0.400. The highest BCUT2D eigenvalue weighted by atomic mass is 16.5. The van der Waals surface area contributed by atoms with Crippen LogP contribution in [0.15, 0.2) is 42.6 Å². The lowest BCUT2D eigenvalue weighted by Crippen LogP contribution is -2.40. The van der Waals surface area contributed by atoms with Gasteiger partial charge in [0.05, 0.1) is 12.1 Å². The summed E-state index contributed by atoms with van der Waals surface area (Å²) >= 11 is 0. The molecule has 4 heteroatoms. The van der Waals surface area contributed by atoms with E-state index in [1.54, 1.807) is 19.4 Å². The van der Waals surface area contributed by atoms with E-state index in [0.717, 1.165) is 29.3 Å². The fourth-order valence-corrected chi connectivity index (χ4v) is 2.91. The normalized spacial score (nSPS) is 11.5. The first-order valence-corrected chi connectivity index (χ1v) is 8.52. The second kappa shape index (κ2) is 9.18. The number of benzene rings is 1. The molecule has 0 atom stereocenters.